The highest BCUT2D eigenvalue weighted by Crippen LogP contribution is 2.32. The lowest BCUT2D eigenvalue weighted by atomic mass is 10.1. The minimum atomic E-state index is -3.26. The first-order valence-electron chi connectivity index (χ1n) is 5.70. The van der Waals surface area contributed by atoms with Gasteiger partial charge in [0.25, 0.3) is 0 Å². The smallest absolute Gasteiger partial charge is 0.237 e. The predicted octanol–water partition coefficient (Wildman–Crippen LogP) is 0.824. The lowest BCUT2D eigenvalue weighted by molar-refractivity contribution is 0.598. The monoisotopic (exact) mass is 289 g/mol. The summed E-state index contributed by atoms with van der Waals surface area (Å²) in [5, 5.41) is 20.8. The maximum absolute atomic E-state index is 11.6. The maximum atomic E-state index is 11.6. The third kappa shape index (κ3) is 2.71. The quantitative estimate of drug-likeness (QED) is 0.654. The highest BCUT2D eigenvalue weighted by atomic mass is 32.2. The second-order valence-electron chi connectivity index (χ2n) is 4.22. The van der Waals surface area contributed by atoms with Gasteiger partial charge in [-0.25, -0.2) is 8.42 Å². The highest BCUT2D eigenvalue weighted by Gasteiger charge is 2.25. The molecule has 0 fully saturated rings. The first kappa shape index (κ1) is 13.8. The minimum absolute atomic E-state index is 0.275. The van der Waals surface area contributed by atoms with E-state index in [0.717, 1.165) is 5.56 Å². The van der Waals surface area contributed by atoms with Gasteiger partial charge < -0.3 is 0 Å². The van der Waals surface area contributed by atoms with Crippen molar-refractivity contribution in [3.8, 4) is 12.1 Å². The number of benzene rings is 1. The number of nitriles is 2. The second kappa shape index (κ2) is 5.19. The highest BCUT2D eigenvalue weighted by molar-refractivity contribution is 7.92. The molecule has 0 bridgehead atoms. The molecule has 0 amide bonds. The molecule has 1 aromatic rings. The molecule has 102 valence electrons. The molecule has 8 heteroatoms. The van der Waals surface area contributed by atoms with E-state index in [1.165, 1.54) is 10.6 Å². The summed E-state index contributed by atoms with van der Waals surface area (Å²) in [6.07, 6.45) is 1.79. The molecule has 0 aliphatic carbocycles. The van der Waals surface area contributed by atoms with Gasteiger partial charge in [-0.05, 0) is 30.2 Å². The summed E-state index contributed by atoms with van der Waals surface area (Å²) < 4.78 is 24.5. The van der Waals surface area contributed by atoms with Crippen molar-refractivity contribution in [2.45, 2.75) is 6.42 Å². The van der Waals surface area contributed by atoms with Crippen molar-refractivity contribution in [1.29, 1.82) is 10.5 Å². The molecule has 1 heterocycles. The van der Waals surface area contributed by atoms with Crippen LogP contribution in [0.4, 0.5) is 11.4 Å². The van der Waals surface area contributed by atoms with Crippen molar-refractivity contribution in [2.75, 3.05) is 22.5 Å². The van der Waals surface area contributed by atoms with Crippen LogP contribution in [0.1, 0.15) is 5.56 Å². The van der Waals surface area contributed by atoms with Crippen LogP contribution in [0, 0.1) is 22.7 Å². The summed E-state index contributed by atoms with van der Waals surface area (Å²) in [4.78, 5) is 0. The number of hydrogen-bond donors (Lipinski definition) is 1. The van der Waals surface area contributed by atoms with E-state index in [2.05, 4.69) is 10.5 Å². The third-order valence-corrected chi connectivity index (χ3v) is 4.02. The lowest BCUT2D eigenvalue weighted by Crippen LogP contribution is -2.27. The molecule has 0 radical (unpaired) electrons. The Morgan fingerprint density at radius 3 is 2.70 bits per heavy atom. The maximum Gasteiger partial charge on any atom is 0.237 e. The number of sulfonamides is 1. The number of nitrogens with zero attached hydrogens (tertiary/aromatic N) is 4. The van der Waals surface area contributed by atoms with Crippen LogP contribution in [-0.4, -0.2) is 26.9 Å². The van der Waals surface area contributed by atoms with Gasteiger partial charge in [-0.3, -0.25) is 9.73 Å². The topological polar surface area (TPSA) is 109 Å². The first-order valence-corrected chi connectivity index (χ1v) is 7.55. The number of hydrogen-bond acceptors (Lipinski definition) is 6. The van der Waals surface area contributed by atoms with Crippen LogP contribution in [0.5, 0.6) is 0 Å². The number of nitrogens with one attached hydrogen (secondary N) is 1. The molecular formula is C12H11N5O2S. The largest absolute Gasteiger partial charge is 0.277 e. The molecule has 0 unspecified atom stereocenters. The standard InChI is InChI=1S/C12H11N5O2S/c1-20(18,19)17-5-4-9-6-10(2-3-12(9)17)15-16-11(7-13)8-14/h2-3,6,15H,4-5H2,1H3. The van der Waals surface area contributed by atoms with Crippen LogP contribution in [0.3, 0.4) is 0 Å². The van der Waals surface area contributed by atoms with Gasteiger partial charge in [0.1, 0.15) is 12.1 Å². The molecule has 2 rings (SSSR count). The van der Waals surface area contributed by atoms with Crippen molar-refractivity contribution in [3.63, 3.8) is 0 Å². The van der Waals surface area contributed by atoms with Gasteiger partial charge in [-0.15, -0.1) is 0 Å². The molecule has 0 atom stereocenters. The van der Waals surface area contributed by atoms with E-state index in [-0.39, 0.29) is 5.71 Å². The lowest BCUT2D eigenvalue weighted by Gasteiger charge is -2.16. The Hall–Kier alpha value is -2.58. The fourth-order valence-electron chi connectivity index (χ4n) is 1.98. The summed E-state index contributed by atoms with van der Waals surface area (Å²) in [6.45, 7) is 0.419. The normalized spacial score (nSPS) is 13.1. The van der Waals surface area contributed by atoms with E-state index in [1.807, 2.05) is 0 Å². The second-order valence-corrected chi connectivity index (χ2v) is 6.13. The molecule has 1 aromatic carbocycles. The number of hydrazone groups is 1. The van der Waals surface area contributed by atoms with Crippen LogP contribution in [0.25, 0.3) is 0 Å². The van der Waals surface area contributed by atoms with Crippen molar-refractivity contribution in [2.24, 2.45) is 5.10 Å². The van der Waals surface area contributed by atoms with Gasteiger partial charge in [-0.1, -0.05) is 0 Å². The Morgan fingerprint density at radius 2 is 2.10 bits per heavy atom. The summed E-state index contributed by atoms with van der Waals surface area (Å²) in [5.41, 5.74) is 4.47. The SMILES string of the molecule is CS(=O)(=O)N1CCc2cc(NN=C(C#N)C#N)ccc21. The number of anilines is 2. The van der Waals surface area contributed by atoms with Gasteiger partial charge in [-0.2, -0.15) is 15.6 Å². The average molecular weight is 289 g/mol. The molecule has 0 saturated carbocycles. The molecule has 1 N–H and O–H groups in total. The minimum Gasteiger partial charge on any atom is -0.277 e. The molecular weight excluding hydrogens is 278 g/mol. The Labute approximate surface area is 116 Å². The van der Waals surface area contributed by atoms with E-state index in [4.69, 9.17) is 10.5 Å². The molecule has 1 aliphatic rings. The van der Waals surface area contributed by atoms with Crippen molar-refractivity contribution in [1.82, 2.24) is 0 Å². The molecule has 7 nitrogen and oxygen atoms in total. The van der Waals surface area contributed by atoms with Gasteiger partial charge >= 0.3 is 0 Å². The van der Waals surface area contributed by atoms with E-state index in [1.54, 1.807) is 30.3 Å². The number of rotatable bonds is 3. The first-order chi connectivity index (χ1) is 9.45. The van der Waals surface area contributed by atoms with Crippen LogP contribution in [-0.2, 0) is 16.4 Å². The summed E-state index contributed by atoms with van der Waals surface area (Å²) in [7, 11) is -3.26. The van der Waals surface area contributed by atoms with E-state index in [0.29, 0.717) is 24.3 Å². The van der Waals surface area contributed by atoms with Crippen LogP contribution in [0.15, 0.2) is 23.3 Å². The number of fused-ring (bicyclic) bond motifs is 1. The van der Waals surface area contributed by atoms with Crippen LogP contribution < -0.4 is 9.73 Å². The fraction of sp³-hybridized carbons (Fsp3) is 0.250. The van der Waals surface area contributed by atoms with E-state index < -0.39 is 10.0 Å². The summed E-state index contributed by atoms with van der Waals surface area (Å²) in [6, 6.07) is 8.37. The Morgan fingerprint density at radius 1 is 1.40 bits per heavy atom. The van der Waals surface area contributed by atoms with Crippen molar-refractivity contribution < 1.29 is 8.42 Å². The Bertz CT molecular complexity index is 739. The van der Waals surface area contributed by atoms with Crippen LogP contribution in [0.2, 0.25) is 0 Å². The van der Waals surface area contributed by atoms with Gasteiger partial charge in [0.05, 0.1) is 17.6 Å². The molecule has 1 aliphatic heterocycles. The third-order valence-electron chi connectivity index (χ3n) is 2.84. The molecule has 0 saturated heterocycles. The molecule has 20 heavy (non-hydrogen) atoms. The van der Waals surface area contributed by atoms with Gasteiger partial charge in [0.15, 0.2) is 0 Å². The fourth-order valence-corrected chi connectivity index (χ4v) is 2.94. The van der Waals surface area contributed by atoms with Crippen molar-refractivity contribution in [3.05, 3.63) is 23.8 Å². The van der Waals surface area contributed by atoms with E-state index >= 15 is 0 Å². The average Bonchev–Trinajstić information content (AvgIpc) is 2.82. The van der Waals surface area contributed by atoms with Crippen molar-refractivity contribution >= 4 is 27.1 Å². The molecule has 0 spiro atoms. The van der Waals surface area contributed by atoms with Crippen LogP contribution >= 0.6 is 0 Å². The van der Waals surface area contributed by atoms with E-state index in [9.17, 15) is 8.42 Å². The summed E-state index contributed by atoms with van der Waals surface area (Å²) >= 11 is 0. The predicted molar refractivity (Wildman–Crippen MR) is 74.6 cm³/mol. The zero-order chi connectivity index (χ0) is 14.8. The molecule has 0 aromatic heterocycles. The van der Waals surface area contributed by atoms with Gasteiger partial charge in [0.2, 0.25) is 15.7 Å². The Kier molecular flexibility index (Phi) is 3.59. The summed E-state index contributed by atoms with van der Waals surface area (Å²) in [5.74, 6) is 0. The van der Waals surface area contributed by atoms with Gasteiger partial charge in [0, 0.05) is 6.54 Å². The zero-order valence-corrected chi connectivity index (χ0v) is 11.5. The Balaban J connectivity index is 2.26. The zero-order valence-electron chi connectivity index (χ0n) is 10.7.